The predicted molar refractivity (Wildman–Crippen MR) is 68.2 cm³/mol. The predicted octanol–water partition coefficient (Wildman–Crippen LogP) is 2.42. The molecule has 0 amide bonds. The van der Waals surface area contributed by atoms with E-state index in [9.17, 15) is 10.1 Å². The molecule has 98 valence electrons. The maximum Gasteiger partial charge on any atom is 0.316 e. The fraction of sp³-hybridized carbons (Fsp3) is 0.182. The minimum absolute atomic E-state index is 0.0547. The van der Waals surface area contributed by atoms with Crippen molar-refractivity contribution in [2.75, 3.05) is 7.11 Å². The van der Waals surface area contributed by atoms with Gasteiger partial charge in [-0.25, -0.2) is 9.97 Å². The molecule has 2 heterocycles. The van der Waals surface area contributed by atoms with E-state index in [4.69, 9.17) is 16.3 Å². The minimum Gasteiger partial charge on any atom is -0.495 e. The lowest BCUT2D eigenvalue weighted by Crippen LogP contribution is -2.01. The lowest BCUT2D eigenvalue weighted by Gasteiger charge is -2.06. The average molecular weight is 281 g/mol. The summed E-state index contributed by atoms with van der Waals surface area (Å²) >= 11 is 5.75. The summed E-state index contributed by atoms with van der Waals surface area (Å²) in [6, 6.07) is 1.60. The van der Waals surface area contributed by atoms with Gasteiger partial charge in [0, 0.05) is 11.8 Å². The Hall–Kier alpha value is -2.28. The molecule has 8 heteroatoms. The minimum atomic E-state index is -0.541. The largest absolute Gasteiger partial charge is 0.495 e. The third-order valence-corrected chi connectivity index (χ3v) is 2.60. The van der Waals surface area contributed by atoms with E-state index in [2.05, 4.69) is 15.0 Å². The topological polar surface area (TPSA) is 91.0 Å². The Morgan fingerprint density at radius 3 is 2.74 bits per heavy atom. The summed E-state index contributed by atoms with van der Waals surface area (Å²) in [5.74, 6) is 0.471. The lowest BCUT2D eigenvalue weighted by atomic mass is 10.1. The molecule has 2 aromatic rings. The first-order chi connectivity index (χ1) is 9.02. The molecule has 7 nitrogen and oxygen atoms in total. The zero-order valence-corrected chi connectivity index (χ0v) is 10.9. The third-order valence-electron chi connectivity index (χ3n) is 2.44. The van der Waals surface area contributed by atoms with Gasteiger partial charge in [0.05, 0.1) is 18.2 Å². The van der Waals surface area contributed by atoms with E-state index < -0.39 is 4.92 Å². The molecule has 0 fully saturated rings. The first-order valence-corrected chi connectivity index (χ1v) is 5.58. The molecule has 0 aliphatic heterocycles. The summed E-state index contributed by atoms with van der Waals surface area (Å²) in [5, 5.41) is 11.1. The van der Waals surface area contributed by atoms with E-state index in [1.807, 2.05) is 0 Å². The van der Waals surface area contributed by atoms with Crippen LogP contribution in [-0.4, -0.2) is 27.0 Å². The van der Waals surface area contributed by atoms with E-state index in [0.717, 1.165) is 0 Å². The van der Waals surface area contributed by atoms with Crippen LogP contribution in [0, 0.1) is 17.0 Å². The second-order valence-corrected chi connectivity index (χ2v) is 3.98. The molecule has 0 aromatic carbocycles. The molecular formula is C11H9ClN4O3. The normalized spacial score (nSPS) is 10.3. The van der Waals surface area contributed by atoms with Crippen molar-refractivity contribution < 1.29 is 9.66 Å². The number of nitro groups is 1. The Kier molecular flexibility index (Phi) is 3.57. The molecule has 0 N–H and O–H groups in total. The number of rotatable bonds is 3. The Bertz CT molecular complexity index is 648. The summed E-state index contributed by atoms with van der Waals surface area (Å²) in [6.07, 6.45) is 2.94. The Morgan fingerprint density at radius 2 is 2.11 bits per heavy atom. The standard InChI is InChI=1S/C11H9ClN4O3/c1-6-10(16(17)18)9(15-11(12)14-6)7-3-8(19-2)5-13-4-7/h3-5H,1-2H3. The number of hydrogen-bond donors (Lipinski definition) is 0. The van der Waals surface area contributed by atoms with Gasteiger partial charge in [-0.05, 0) is 24.6 Å². The Balaban J connectivity index is 2.69. The van der Waals surface area contributed by atoms with E-state index in [-0.39, 0.29) is 22.4 Å². The third kappa shape index (κ3) is 2.60. The van der Waals surface area contributed by atoms with Crippen molar-refractivity contribution in [1.82, 2.24) is 15.0 Å². The Morgan fingerprint density at radius 1 is 1.37 bits per heavy atom. The van der Waals surface area contributed by atoms with Gasteiger partial charge in [-0.3, -0.25) is 15.1 Å². The highest BCUT2D eigenvalue weighted by Gasteiger charge is 2.23. The van der Waals surface area contributed by atoms with Crippen LogP contribution in [0.3, 0.4) is 0 Å². The molecule has 0 spiro atoms. The molecule has 0 saturated carbocycles. The summed E-state index contributed by atoms with van der Waals surface area (Å²) in [4.78, 5) is 22.2. The number of halogens is 1. The van der Waals surface area contributed by atoms with E-state index in [1.54, 1.807) is 6.07 Å². The molecule has 19 heavy (non-hydrogen) atoms. The number of ether oxygens (including phenoxy) is 1. The number of aryl methyl sites for hydroxylation is 1. The molecular weight excluding hydrogens is 272 g/mol. The van der Waals surface area contributed by atoms with Gasteiger partial charge >= 0.3 is 5.69 Å². The van der Waals surface area contributed by atoms with Crippen LogP contribution in [0.2, 0.25) is 5.28 Å². The van der Waals surface area contributed by atoms with Crippen molar-refractivity contribution in [2.24, 2.45) is 0 Å². The van der Waals surface area contributed by atoms with Crippen LogP contribution in [0.4, 0.5) is 5.69 Å². The number of nitrogens with zero attached hydrogens (tertiary/aromatic N) is 4. The molecule has 0 aliphatic rings. The molecule has 0 bridgehead atoms. The van der Waals surface area contributed by atoms with Gasteiger partial charge in [-0.15, -0.1) is 0 Å². The maximum atomic E-state index is 11.1. The van der Waals surface area contributed by atoms with Crippen molar-refractivity contribution in [3.8, 4) is 17.0 Å². The van der Waals surface area contributed by atoms with E-state index in [1.165, 1.54) is 26.4 Å². The van der Waals surface area contributed by atoms with Crippen molar-refractivity contribution in [3.05, 3.63) is 39.6 Å². The number of hydrogen-bond acceptors (Lipinski definition) is 6. The van der Waals surface area contributed by atoms with Gasteiger partial charge in [0.15, 0.2) is 5.69 Å². The number of methoxy groups -OCH3 is 1. The highest BCUT2D eigenvalue weighted by atomic mass is 35.5. The maximum absolute atomic E-state index is 11.1. The summed E-state index contributed by atoms with van der Waals surface area (Å²) < 4.78 is 5.03. The van der Waals surface area contributed by atoms with Gasteiger partial charge in [-0.2, -0.15) is 0 Å². The van der Waals surface area contributed by atoms with Crippen LogP contribution in [0.25, 0.3) is 11.3 Å². The molecule has 0 saturated heterocycles. The van der Waals surface area contributed by atoms with Crippen molar-refractivity contribution in [3.63, 3.8) is 0 Å². The quantitative estimate of drug-likeness (QED) is 0.487. The molecule has 2 aromatic heterocycles. The molecule has 0 unspecified atom stereocenters. The molecule has 0 atom stereocenters. The van der Waals surface area contributed by atoms with Crippen molar-refractivity contribution in [2.45, 2.75) is 6.92 Å². The lowest BCUT2D eigenvalue weighted by molar-refractivity contribution is -0.385. The van der Waals surface area contributed by atoms with Crippen LogP contribution in [0.15, 0.2) is 18.5 Å². The van der Waals surface area contributed by atoms with Gasteiger partial charge < -0.3 is 4.74 Å². The van der Waals surface area contributed by atoms with Crippen LogP contribution < -0.4 is 4.74 Å². The zero-order valence-electron chi connectivity index (χ0n) is 10.1. The van der Waals surface area contributed by atoms with Crippen LogP contribution >= 0.6 is 11.6 Å². The van der Waals surface area contributed by atoms with Crippen LogP contribution in [0.1, 0.15) is 5.69 Å². The van der Waals surface area contributed by atoms with Gasteiger partial charge in [0.2, 0.25) is 5.28 Å². The fourth-order valence-electron chi connectivity index (χ4n) is 1.61. The van der Waals surface area contributed by atoms with Gasteiger partial charge in [-0.1, -0.05) is 0 Å². The van der Waals surface area contributed by atoms with Gasteiger partial charge in [0.25, 0.3) is 0 Å². The van der Waals surface area contributed by atoms with Crippen LogP contribution in [0.5, 0.6) is 5.75 Å². The molecule has 0 aliphatic carbocycles. The van der Waals surface area contributed by atoms with Crippen molar-refractivity contribution >= 4 is 17.3 Å². The number of pyridine rings is 1. The van der Waals surface area contributed by atoms with E-state index in [0.29, 0.717) is 11.3 Å². The monoisotopic (exact) mass is 280 g/mol. The zero-order chi connectivity index (χ0) is 14.0. The van der Waals surface area contributed by atoms with E-state index >= 15 is 0 Å². The first-order valence-electron chi connectivity index (χ1n) is 5.21. The fourth-order valence-corrected chi connectivity index (χ4v) is 1.82. The second-order valence-electron chi connectivity index (χ2n) is 3.65. The number of aromatic nitrogens is 3. The smallest absolute Gasteiger partial charge is 0.316 e. The summed E-state index contributed by atoms with van der Waals surface area (Å²) in [7, 11) is 1.48. The van der Waals surface area contributed by atoms with Crippen LogP contribution in [-0.2, 0) is 0 Å². The SMILES string of the molecule is COc1cncc(-c2nc(Cl)nc(C)c2[N+](=O)[O-])c1. The second kappa shape index (κ2) is 5.15. The highest BCUT2D eigenvalue weighted by Crippen LogP contribution is 2.32. The van der Waals surface area contributed by atoms with Crippen molar-refractivity contribution in [1.29, 1.82) is 0 Å². The Labute approximate surface area is 113 Å². The summed E-state index contributed by atoms with van der Waals surface area (Å²) in [5.41, 5.74) is 0.564. The summed E-state index contributed by atoms with van der Waals surface area (Å²) in [6.45, 7) is 1.50. The molecule has 2 rings (SSSR count). The van der Waals surface area contributed by atoms with Gasteiger partial charge in [0.1, 0.15) is 11.4 Å². The first kappa shape index (κ1) is 13.2. The average Bonchev–Trinajstić information content (AvgIpc) is 2.37. The molecule has 0 radical (unpaired) electrons. The highest BCUT2D eigenvalue weighted by molar-refractivity contribution is 6.28.